The fourth-order valence-electron chi connectivity index (χ4n) is 2.25. The van der Waals surface area contributed by atoms with Crippen LogP contribution < -0.4 is 10.5 Å². The SMILES string of the molecule is COc1cc(C)c(C)cc1C(C(C)N)N(C)C. The van der Waals surface area contributed by atoms with Gasteiger partial charge in [-0.25, -0.2) is 0 Å². The number of rotatable bonds is 4. The van der Waals surface area contributed by atoms with Crippen molar-refractivity contribution in [2.45, 2.75) is 32.9 Å². The highest BCUT2D eigenvalue weighted by Gasteiger charge is 2.22. The predicted molar refractivity (Wildman–Crippen MR) is 72.5 cm³/mol. The van der Waals surface area contributed by atoms with E-state index >= 15 is 0 Å². The van der Waals surface area contributed by atoms with Crippen LogP contribution in [0, 0.1) is 13.8 Å². The van der Waals surface area contributed by atoms with Crippen LogP contribution in [-0.4, -0.2) is 32.1 Å². The lowest BCUT2D eigenvalue weighted by atomic mass is 9.95. The number of hydrogen-bond acceptors (Lipinski definition) is 3. The molecule has 0 saturated carbocycles. The fraction of sp³-hybridized carbons (Fsp3) is 0.571. The van der Waals surface area contributed by atoms with Gasteiger partial charge in [-0.05, 0) is 52.1 Å². The standard InChI is InChI=1S/C14H24N2O/c1-9-7-12(13(17-6)8-10(9)2)14(11(3)15)16(4)5/h7-8,11,14H,15H2,1-6H3. The molecule has 0 bridgehead atoms. The van der Waals surface area contributed by atoms with Crippen molar-refractivity contribution in [2.75, 3.05) is 21.2 Å². The molecule has 0 saturated heterocycles. The molecule has 2 N–H and O–H groups in total. The zero-order valence-electron chi connectivity index (χ0n) is 11.7. The second-order valence-electron chi connectivity index (χ2n) is 4.95. The lowest BCUT2D eigenvalue weighted by Crippen LogP contribution is -2.35. The van der Waals surface area contributed by atoms with E-state index in [1.807, 2.05) is 21.0 Å². The van der Waals surface area contributed by atoms with Gasteiger partial charge in [0.1, 0.15) is 5.75 Å². The molecule has 3 nitrogen and oxygen atoms in total. The first-order valence-corrected chi connectivity index (χ1v) is 5.95. The molecule has 0 aromatic heterocycles. The Bertz CT molecular complexity index is 378. The molecule has 3 heteroatoms. The first-order chi connectivity index (χ1) is 7.88. The van der Waals surface area contributed by atoms with Gasteiger partial charge in [-0.1, -0.05) is 6.07 Å². The second kappa shape index (κ2) is 5.52. The maximum atomic E-state index is 6.08. The molecule has 1 rings (SSSR count). The van der Waals surface area contributed by atoms with Gasteiger partial charge in [0, 0.05) is 11.6 Å². The molecular weight excluding hydrogens is 212 g/mol. The van der Waals surface area contributed by atoms with Crippen LogP contribution in [0.1, 0.15) is 29.7 Å². The van der Waals surface area contributed by atoms with E-state index in [-0.39, 0.29) is 12.1 Å². The van der Waals surface area contributed by atoms with Gasteiger partial charge in [0.05, 0.1) is 13.2 Å². The Morgan fingerprint density at radius 1 is 1.18 bits per heavy atom. The zero-order valence-corrected chi connectivity index (χ0v) is 11.7. The van der Waals surface area contributed by atoms with Gasteiger partial charge in [-0.2, -0.15) is 0 Å². The number of nitrogens with zero attached hydrogens (tertiary/aromatic N) is 1. The van der Waals surface area contributed by atoms with Crippen molar-refractivity contribution in [2.24, 2.45) is 5.73 Å². The Labute approximate surface area is 105 Å². The van der Waals surface area contributed by atoms with Crippen molar-refractivity contribution in [3.63, 3.8) is 0 Å². The van der Waals surface area contributed by atoms with Gasteiger partial charge >= 0.3 is 0 Å². The Hall–Kier alpha value is -1.06. The van der Waals surface area contributed by atoms with Crippen molar-refractivity contribution >= 4 is 0 Å². The highest BCUT2D eigenvalue weighted by molar-refractivity contribution is 5.44. The van der Waals surface area contributed by atoms with Crippen LogP contribution in [0.25, 0.3) is 0 Å². The maximum Gasteiger partial charge on any atom is 0.123 e. The van der Waals surface area contributed by atoms with Crippen LogP contribution in [0.4, 0.5) is 0 Å². The molecule has 96 valence electrons. The summed E-state index contributed by atoms with van der Waals surface area (Å²) in [5.41, 5.74) is 9.76. The molecular formula is C14H24N2O. The van der Waals surface area contributed by atoms with E-state index < -0.39 is 0 Å². The molecule has 0 radical (unpaired) electrons. The molecule has 1 aromatic rings. The van der Waals surface area contributed by atoms with Crippen LogP contribution in [0.15, 0.2) is 12.1 Å². The van der Waals surface area contributed by atoms with E-state index in [0.29, 0.717) is 0 Å². The zero-order chi connectivity index (χ0) is 13.2. The van der Waals surface area contributed by atoms with Crippen molar-refractivity contribution in [3.8, 4) is 5.75 Å². The summed E-state index contributed by atoms with van der Waals surface area (Å²) < 4.78 is 5.48. The van der Waals surface area contributed by atoms with Crippen molar-refractivity contribution in [3.05, 3.63) is 28.8 Å². The van der Waals surface area contributed by atoms with E-state index in [9.17, 15) is 0 Å². The van der Waals surface area contributed by atoms with E-state index in [1.165, 1.54) is 11.1 Å². The van der Waals surface area contributed by atoms with Gasteiger partial charge in [-0.3, -0.25) is 0 Å². The molecule has 2 unspecified atom stereocenters. The van der Waals surface area contributed by atoms with Gasteiger partial charge in [-0.15, -0.1) is 0 Å². The second-order valence-corrected chi connectivity index (χ2v) is 4.95. The first-order valence-electron chi connectivity index (χ1n) is 5.95. The molecule has 0 spiro atoms. The molecule has 0 amide bonds. The number of hydrogen-bond donors (Lipinski definition) is 1. The maximum absolute atomic E-state index is 6.08. The predicted octanol–water partition coefficient (Wildman–Crippen LogP) is 2.26. The van der Waals surface area contributed by atoms with E-state index in [4.69, 9.17) is 10.5 Å². The fourth-order valence-corrected chi connectivity index (χ4v) is 2.25. The molecule has 0 heterocycles. The highest BCUT2D eigenvalue weighted by atomic mass is 16.5. The quantitative estimate of drug-likeness (QED) is 0.871. The molecule has 2 atom stereocenters. The summed E-state index contributed by atoms with van der Waals surface area (Å²) in [5, 5.41) is 0. The normalized spacial score (nSPS) is 14.8. The number of benzene rings is 1. The third kappa shape index (κ3) is 2.99. The number of methoxy groups -OCH3 is 1. The van der Waals surface area contributed by atoms with Crippen LogP contribution in [0.3, 0.4) is 0 Å². The largest absolute Gasteiger partial charge is 0.496 e. The summed E-state index contributed by atoms with van der Waals surface area (Å²) in [6.07, 6.45) is 0. The van der Waals surface area contributed by atoms with Crippen LogP contribution in [-0.2, 0) is 0 Å². The molecule has 0 aliphatic carbocycles. The van der Waals surface area contributed by atoms with Gasteiger partial charge in [0.25, 0.3) is 0 Å². The molecule has 0 aliphatic heterocycles. The minimum atomic E-state index is 0.0565. The molecule has 0 aliphatic rings. The summed E-state index contributed by atoms with van der Waals surface area (Å²) in [6.45, 7) is 6.24. The average Bonchev–Trinajstić information content (AvgIpc) is 2.22. The van der Waals surface area contributed by atoms with Gasteiger partial charge in [0.2, 0.25) is 0 Å². The van der Waals surface area contributed by atoms with Crippen LogP contribution in [0.5, 0.6) is 5.75 Å². The first kappa shape index (κ1) is 14.0. The Kier molecular flexibility index (Phi) is 4.54. The molecule has 1 aromatic carbocycles. The summed E-state index contributed by atoms with van der Waals surface area (Å²) >= 11 is 0. The number of nitrogens with two attached hydrogens (primary N) is 1. The van der Waals surface area contributed by atoms with Crippen molar-refractivity contribution in [1.82, 2.24) is 4.90 Å². The van der Waals surface area contributed by atoms with E-state index in [0.717, 1.165) is 11.3 Å². The topological polar surface area (TPSA) is 38.5 Å². The molecule has 0 fully saturated rings. The summed E-state index contributed by atoms with van der Waals surface area (Å²) in [7, 11) is 5.80. The minimum Gasteiger partial charge on any atom is -0.496 e. The lowest BCUT2D eigenvalue weighted by molar-refractivity contribution is 0.258. The average molecular weight is 236 g/mol. The Morgan fingerprint density at radius 2 is 1.71 bits per heavy atom. The highest BCUT2D eigenvalue weighted by Crippen LogP contribution is 2.32. The smallest absolute Gasteiger partial charge is 0.123 e. The van der Waals surface area contributed by atoms with E-state index in [1.54, 1.807) is 7.11 Å². The summed E-state index contributed by atoms with van der Waals surface area (Å²) in [6, 6.07) is 4.50. The summed E-state index contributed by atoms with van der Waals surface area (Å²) in [5.74, 6) is 0.920. The van der Waals surface area contributed by atoms with Crippen LogP contribution in [0.2, 0.25) is 0 Å². The lowest BCUT2D eigenvalue weighted by Gasteiger charge is -2.30. The van der Waals surface area contributed by atoms with Crippen LogP contribution >= 0.6 is 0 Å². The van der Waals surface area contributed by atoms with Gasteiger partial charge < -0.3 is 15.4 Å². The third-order valence-electron chi connectivity index (χ3n) is 3.22. The Balaban J connectivity index is 3.31. The number of ether oxygens (including phenoxy) is 1. The number of aryl methyl sites for hydroxylation is 2. The van der Waals surface area contributed by atoms with Gasteiger partial charge in [0.15, 0.2) is 0 Å². The minimum absolute atomic E-state index is 0.0565. The molecule has 17 heavy (non-hydrogen) atoms. The van der Waals surface area contributed by atoms with E-state index in [2.05, 4.69) is 30.9 Å². The van der Waals surface area contributed by atoms with Crippen molar-refractivity contribution in [1.29, 1.82) is 0 Å². The number of likely N-dealkylation sites (N-methyl/N-ethyl adjacent to an activating group) is 1. The summed E-state index contributed by atoms with van der Waals surface area (Å²) in [4.78, 5) is 2.14. The van der Waals surface area contributed by atoms with Crippen molar-refractivity contribution < 1.29 is 4.74 Å². The third-order valence-corrected chi connectivity index (χ3v) is 3.22. The Morgan fingerprint density at radius 3 is 2.12 bits per heavy atom. The monoisotopic (exact) mass is 236 g/mol.